The van der Waals surface area contributed by atoms with Gasteiger partial charge >= 0.3 is 0 Å². The van der Waals surface area contributed by atoms with Gasteiger partial charge in [0.1, 0.15) is 0 Å². The Bertz CT molecular complexity index is 905. The normalized spacial score (nSPS) is 16.5. The Balaban J connectivity index is 1.86. The van der Waals surface area contributed by atoms with Crippen LogP contribution in [0.3, 0.4) is 0 Å². The molecule has 0 unspecified atom stereocenters. The highest BCUT2D eigenvalue weighted by Crippen LogP contribution is 2.33. The summed E-state index contributed by atoms with van der Waals surface area (Å²) in [5.41, 5.74) is 2.53. The van der Waals surface area contributed by atoms with Crippen LogP contribution in [0.2, 0.25) is 0 Å². The minimum Gasteiger partial charge on any atom is -0.305 e. The lowest BCUT2D eigenvalue weighted by molar-refractivity contribution is 0.0981. The highest BCUT2D eigenvalue weighted by Gasteiger charge is 2.31. The van der Waals surface area contributed by atoms with Crippen LogP contribution >= 0.6 is 0 Å². The predicted molar refractivity (Wildman–Crippen MR) is 98.2 cm³/mol. The van der Waals surface area contributed by atoms with E-state index in [9.17, 15) is 13.2 Å². The lowest BCUT2D eigenvalue weighted by Gasteiger charge is -2.23. The molecule has 0 saturated heterocycles. The quantitative estimate of drug-likeness (QED) is 0.838. The zero-order valence-electron chi connectivity index (χ0n) is 14.0. The first-order chi connectivity index (χ1) is 11.9. The molecule has 5 nitrogen and oxygen atoms in total. The molecule has 0 bridgehead atoms. The Kier molecular flexibility index (Phi) is 4.74. The molecule has 6 heteroatoms. The molecule has 130 valence electrons. The number of nitrogens with one attached hydrogen (secondary N) is 1. The molecular formula is C19H20N2O3S. The minimum atomic E-state index is -3.59. The van der Waals surface area contributed by atoms with Crippen molar-refractivity contribution in [2.75, 3.05) is 11.4 Å². The molecule has 0 radical (unpaired) electrons. The summed E-state index contributed by atoms with van der Waals surface area (Å²) in [5, 5.41) is 0. The molecule has 1 amide bonds. The Morgan fingerprint density at radius 1 is 1.24 bits per heavy atom. The van der Waals surface area contributed by atoms with Gasteiger partial charge in [0.25, 0.3) is 5.91 Å². The number of carbonyl (C=O) groups excluding carboxylic acids is 1. The van der Waals surface area contributed by atoms with Crippen LogP contribution in [0, 0.1) is 0 Å². The summed E-state index contributed by atoms with van der Waals surface area (Å²) in [6.07, 6.45) is 2.29. The first-order valence-corrected chi connectivity index (χ1v) is 9.54. The summed E-state index contributed by atoms with van der Waals surface area (Å²) >= 11 is 0. The van der Waals surface area contributed by atoms with Crippen LogP contribution in [-0.2, 0) is 16.4 Å². The van der Waals surface area contributed by atoms with E-state index in [1.54, 1.807) is 17.0 Å². The SMILES string of the molecule is C=CCNS(=O)(=O)c1ccc(C(=O)N2c3ccccc3C[C@@H]2C)cc1. The van der Waals surface area contributed by atoms with E-state index in [1.807, 2.05) is 31.2 Å². The summed E-state index contributed by atoms with van der Waals surface area (Å²) in [6, 6.07) is 13.9. The number of amides is 1. The fourth-order valence-corrected chi connectivity index (χ4v) is 4.04. The number of anilines is 1. The van der Waals surface area contributed by atoms with E-state index in [0.29, 0.717) is 5.56 Å². The lowest BCUT2D eigenvalue weighted by Crippen LogP contribution is -2.35. The van der Waals surface area contributed by atoms with Crippen molar-refractivity contribution in [3.05, 3.63) is 72.3 Å². The fourth-order valence-electron chi connectivity index (χ4n) is 3.04. The Labute approximate surface area is 148 Å². The molecule has 1 aliphatic rings. The average molecular weight is 356 g/mol. The Morgan fingerprint density at radius 2 is 1.92 bits per heavy atom. The van der Waals surface area contributed by atoms with Crippen LogP contribution in [0.4, 0.5) is 5.69 Å². The molecule has 0 fully saturated rings. The Hall–Kier alpha value is -2.44. The van der Waals surface area contributed by atoms with Gasteiger partial charge in [0.05, 0.1) is 4.90 Å². The van der Waals surface area contributed by atoms with E-state index in [0.717, 1.165) is 17.7 Å². The summed E-state index contributed by atoms with van der Waals surface area (Å²) in [4.78, 5) is 14.8. The number of fused-ring (bicyclic) bond motifs is 1. The molecule has 0 aliphatic carbocycles. The number of benzene rings is 2. The molecule has 1 aliphatic heterocycles. The van der Waals surface area contributed by atoms with Gasteiger partial charge in [-0.25, -0.2) is 13.1 Å². The van der Waals surface area contributed by atoms with Crippen LogP contribution in [0.15, 0.2) is 66.1 Å². The molecule has 0 aromatic heterocycles. The fraction of sp³-hybridized carbons (Fsp3) is 0.211. The van der Waals surface area contributed by atoms with Gasteiger partial charge in [-0.05, 0) is 49.2 Å². The third-order valence-corrected chi connectivity index (χ3v) is 5.69. The second kappa shape index (κ2) is 6.82. The van der Waals surface area contributed by atoms with E-state index in [2.05, 4.69) is 11.3 Å². The number of carbonyl (C=O) groups is 1. The van der Waals surface area contributed by atoms with Crippen molar-refractivity contribution in [1.82, 2.24) is 4.72 Å². The van der Waals surface area contributed by atoms with E-state index in [4.69, 9.17) is 0 Å². The molecule has 3 rings (SSSR count). The standard InChI is InChI=1S/C19H20N2O3S/c1-3-12-20-25(23,24)17-10-8-15(9-11-17)19(22)21-14(2)13-16-6-4-5-7-18(16)21/h3-11,14,20H,1,12-13H2,2H3/t14-/m0/s1. The van der Waals surface area contributed by atoms with Gasteiger partial charge in [-0.1, -0.05) is 24.3 Å². The number of sulfonamides is 1. The zero-order valence-corrected chi connectivity index (χ0v) is 14.8. The van der Waals surface area contributed by atoms with Crippen LogP contribution in [0.1, 0.15) is 22.8 Å². The molecule has 2 aromatic rings. The molecule has 0 spiro atoms. The van der Waals surface area contributed by atoms with Crippen molar-refractivity contribution in [1.29, 1.82) is 0 Å². The van der Waals surface area contributed by atoms with Crippen LogP contribution < -0.4 is 9.62 Å². The van der Waals surface area contributed by atoms with Crippen molar-refractivity contribution in [3.8, 4) is 0 Å². The van der Waals surface area contributed by atoms with Crippen LogP contribution in [-0.4, -0.2) is 26.9 Å². The van der Waals surface area contributed by atoms with Crippen molar-refractivity contribution < 1.29 is 13.2 Å². The summed E-state index contributed by atoms with van der Waals surface area (Å²) in [5.74, 6) is -0.125. The van der Waals surface area contributed by atoms with Gasteiger partial charge in [0.2, 0.25) is 10.0 Å². The van der Waals surface area contributed by atoms with Gasteiger partial charge in [-0.3, -0.25) is 4.79 Å². The van der Waals surface area contributed by atoms with E-state index >= 15 is 0 Å². The number of para-hydroxylation sites is 1. The molecule has 25 heavy (non-hydrogen) atoms. The molecule has 1 heterocycles. The molecular weight excluding hydrogens is 336 g/mol. The van der Waals surface area contributed by atoms with Gasteiger partial charge in [-0.15, -0.1) is 6.58 Å². The number of rotatable bonds is 5. The maximum atomic E-state index is 12.9. The summed E-state index contributed by atoms with van der Waals surface area (Å²) in [7, 11) is -3.59. The maximum absolute atomic E-state index is 12.9. The smallest absolute Gasteiger partial charge is 0.258 e. The van der Waals surface area contributed by atoms with Crippen LogP contribution in [0.5, 0.6) is 0 Å². The van der Waals surface area contributed by atoms with Gasteiger partial charge in [-0.2, -0.15) is 0 Å². The summed E-state index contributed by atoms with van der Waals surface area (Å²) < 4.78 is 26.6. The van der Waals surface area contributed by atoms with Crippen LogP contribution in [0.25, 0.3) is 0 Å². The van der Waals surface area contributed by atoms with E-state index in [1.165, 1.54) is 18.2 Å². The topological polar surface area (TPSA) is 66.5 Å². The Morgan fingerprint density at radius 3 is 2.60 bits per heavy atom. The van der Waals surface area contributed by atoms with E-state index < -0.39 is 10.0 Å². The van der Waals surface area contributed by atoms with E-state index in [-0.39, 0.29) is 23.4 Å². The first kappa shape index (κ1) is 17.4. The van der Waals surface area contributed by atoms with Crippen molar-refractivity contribution in [2.45, 2.75) is 24.3 Å². The van der Waals surface area contributed by atoms with Crippen molar-refractivity contribution in [2.24, 2.45) is 0 Å². The summed E-state index contributed by atoms with van der Waals surface area (Å²) in [6.45, 7) is 5.65. The zero-order chi connectivity index (χ0) is 18.0. The third kappa shape index (κ3) is 3.36. The van der Waals surface area contributed by atoms with Crippen molar-refractivity contribution in [3.63, 3.8) is 0 Å². The average Bonchev–Trinajstić information content (AvgIpc) is 2.95. The van der Waals surface area contributed by atoms with Crippen molar-refractivity contribution >= 4 is 21.6 Å². The minimum absolute atomic E-state index is 0.0718. The molecule has 1 atom stereocenters. The maximum Gasteiger partial charge on any atom is 0.258 e. The van der Waals surface area contributed by atoms with Gasteiger partial charge in [0, 0.05) is 23.8 Å². The highest BCUT2D eigenvalue weighted by atomic mass is 32.2. The largest absolute Gasteiger partial charge is 0.305 e. The monoisotopic (exact) mass is 356 g/mol. The molecule has 1 N–H and O–H groups in total. The second-order valence-corrected chi connectivity index (χ2v) is 7.79. The number of hydrogen-bond acceptors (Lipinski definition) is 3. The highest BCUT2D eigenvalue weighted by molar-refractivity contribution is 7.89. The number of hydrogen-bond donors (Lipinski definition) is 1. The lowest BCUT2D eigenvalue weighted by atomic mass is 10.1. The van der Waals surface area contributed by atoms with Gasteiger partial charge < -0.3 is 4.90 Å². The molecule has 0 saturated carbocycles. The second-order valence-electron chi connectivity index (χ2n) is 6.02. The number of nitrogens with zero attached hydrogens (tertiary/aromatic N) is 1. The van der Waals surface area contributed by atoms with Gasteiger partial charge in [0.15, 0.2) is 0 Å². The third-order valence-electron chi connectivity index (χ3n) is 4.26. The predicted octanol–water partition coefficient (Wildman–Crippen LogP) is 2.74. The first-order valence-electron chi connectivity index (χ1n) is 8.06. The molecule has 2 aromatic carbocycles.